The van der Waals surface area contributed by atoms with Gasteiger partial charge in [-0.15, -0.1) is 0 Å². The number of H-pyrrole nitrogens is 1. The second kappa shape index (κ2) is 7.38. The first kappa shape index (κ1) is 18.7. The van der Waals surface area contributed by atoms with E-state index in [9.17, 15) is 9.59 Å². The molecule has 1 fully saturated rings. The molecule has 0 bridgehead atoms. The minimum absolute atomic E-state index is 0.00873. The number of imidazole rings is 1. The molecule has 0 aliphatic carbocycles. The van der Waals surface area contributed by atoms with E-state index in [1.165, 1.54) is 12.7 Å². The van der Waals surface area contributed by atoms with Crippen molar-refractivity contribution in [1.29, 1.82) is 0 Å². The fraction of sp³-hybridized carbons (Fsp3) is 0.579. The van der Waals surface area contributed by atoms with Crippen molar-refractivity contribution in [1.82, 2.24) is 30.5 Å². The van der Waals surface area contributed by atoms with Crippen LogP contribution < -0.4 is 10.6 Å². The van der Waals surface area contributed by atoms with Crippen LogP contribution >= 0.6 is 0 Å². The lowest BCUT2D eigenvalue weighted by Gasteiger charge is -2.46. The summed E-state index contributed by atoms with van der Waals surface area (Å²) in [5.41, 5.74) is 1.88. The molecule has 4 rings (SSSR count). The van der Waals surface area contributed by atoms with Gasteiger partial charge in [0.05, 0.1) is 23.6 Å². The molecule has 9 nitrogen and oxygen atoms in total. The van der Waals surface area contributed by atoms with Crippen molar-refractivity contribution >= 4 is 11.8 Å². The number of carbonyl (C=O) groups is 2. The molecule has 0 saturated carbocycles. The monoisotopic (exact) mass is 386 g/mol. The number of fused-ring (bicyclic) bond motifs is 2. The van der Waals surface area contributed by atoms with Crippen molar-refractivity contribution in [2.75, 3.05) is 19.6 Å². The van der Waals surface area contributed by atoms with Crippen LogP contribution in [0, 0.1) is 5.92 Å². The maximum absolute atomic E-state index is 12.7. The maximum Gasteiger partial charge on any atom is 0.275 e. The van der Waals surface area contributed by atoms with Crippen LogP contribution in [0.25, 0.3) is 0 Å². The number of carbonyl (C=O) groups excluding carboxylic acids is 2. The Balaban J connectivity index is 1.49. The molecule has 2 aromatic rings. The fourth-order valence-corrected chi connectivity index (χ4v) is 4.09. The predicted molar refractivity (Wildman–Crippen MR) is 100 cm³/mol. The van der Waals surface area contributed by atoms with E-state index in [0.717, 1.165) is 11.4 Å². The molecule has 1 spiro atoms. The number of aromatic nitrogens is 3. The molecule has 2 aliphatic heterocycles. The molecule has 150 valence electrons. The molecule has 0 radical (unpaired) electrons. The first-order chi connectivity index (χ1) is 13.5. The van der Waals surface area contributed by atoms with Gasteiger partial charge in [-0.05, 0) is 18.8 Å². The summed E-state index contributed by atoms with van der Waals surface area (Å²) in [5, 5.41) is 6.59. The largest absolute Gasteiger partial charge is 0.451 e. The molecule has 2 aromatic heterocycles. The second-order valence-electron chi connectivity index (χ2n) is 8.02. The summed E-state index contributed by atoms with van der Waals surface area (Å²) in [7, 11) is 0. The van der Waals surface area contributed by atoms with Crippen LogP contribution in [-0.4, -0.2) is 57.3 Å². The van der Waals surface area contributed by atoms with E-state index >= 15 is 0 Å². The molecule has 1 atom stereocenters. The number of aromatic amines is 1. The maximum atomic E-state index is 12.7. The lowest BCUT2D eigenvalue weighted by molar-refractivity contribution is -0.124. The smallest absolute Gasteiger partial charge is 0.275 e. The average molecular weight is 386 g/mol. The van der Waals surface area contributed by atoms with Gasteiger partial charge in [-0.25, -0.2) is 9.97 Å². The summed E-state index contributed by atoms with van der Waals surface area (Å²) in [6, 6.07) is -0.315. The molecular weight excluding hydrogens is 360 g/mol. The number of piperidine rings is 1. The van der Waals surface area contributed by atoms with Crippen molar-refractivity contribution in [3.05, 3.63) is 36.1 Å². The number of oxazole rings is 1. The Labute approximate surface area is 163 Å². The summed E-state index contributed by atoms with van der Waals surface area (Å²) in [5.74, 6) is 0.275. The van der Waals surface area contributed by atoms with E-state index in [2.05, 4.69) is 39.4 Å². The predicted octanol–water partition coefficient (Wildman–Crippen LogP) is 0.816. The van der Waals surface area contributed by atoms with Crippen LogP contribution in [0.1, 0.15) is 48.6 Å². The van der Waals surface area contributed by atoms with Crippen molar-refractivity contribution < 1.29 is 14.0 Å². The Kier molecular flexibility index (Phi) is 4.92. The minimum Gasteiger partial charge on any atom is -0.451 e. The summed E-state index contributed by atoms with van der Waals surface area (Å²) in [6.45, 7) is 5.92. The molecule has 0 aromatic carbocycles. The van der Waals surface area contributed by atoms with Gasteiger partial charge in [0.15, 0.2) is 12.1 Å². The number of hydrogen-bond acceptors (Lipinski definition) is 6. The lowest BCUT2D eigenvalue weighted by atomic mass is 9.78. The third kappa shape index (κ3) is 3.42. The highest BCUT2D eigenvalue weighted by molar-refractivity contribution is 5.92. The van der Waals surface area contributed by atoms with Gasteiger partial charge in [0.25, 0.3) is 5.91 Å². The van der Waals surface area contributed by atoms with Gasteiger partial charge < -0.3 is 19.6 Å². The molecule has 1 saturated heterocycles. The van der Waals surface area contributed by atoms with E-state index in [-0.39, 0.29) is 17.9 Å². The Morgan fingerprint density at radius 1 is 1.36 bits per heavy atom. The van der Waals surface area contributed by atoms with E-state index in [0.29, 0.717) is 50.5 Å². The molecular formula is C19H26N6O3. The third-order valence-corrected chi connectivity index (χ3v) is 5.59. The number of rotatable bonds is 4. The van der Waals surface area contributed by atoms with Gasteiger partial charge in [-0.1, -0.05) is 13.8 Å². The third-order valence-electron chi connectivity index (χ3n) is 5.59. The first-order valence-corrected chi connectivity index (χ1v) is 9.74. The van der Waals surface area contributed by atoms with Crippen LogP contribution in [0.15, 0.2) is 23.4 Å². The van der Waals surface area contributed by atoms with Crippen molar-refractivity contribution in [3.63, 3.8) is 0 Å². The highest BCUT2D eigenvalue weighted by atomic mass is 16.3. The van der Waals surface area contributed by atoms with Crippen molar-refractivity contribution in [2.45, 2.75) is 44.7 Å². The molecule has 3 N–H and O–H groups in total. The summed E-state index contributed by atoms with van der Waals surface area (Å²) in [6.07, 6.45) is 6.27. The Hall–Kier alpha value is -2.68. The number of amides is 2. The summed E-state index contributed by atoms with van der Waals surface area (Å²) >= 11 is 0. The molecule has 2 aliphatic rings. The quantitative estimate of drug-likeness (QED) is 0.716. The number of nitrogens with zero attached hydrogens (tertiary/aromatic N) is 3. The zero-order chi connectivity index (χ0) is 19.7. The molecule has 9 heteroatoms. The molecule has 0 unspecified atom stereocenters. The minimum atomic E-state index is -0.409. The highest BCUT2D eigenvalue weighted by Gasteiger charge is 2.46. The topological polar surface area (TPSA) is 116 Å². The Morgan fingerprint density at radius 3 is 2.82 bits per heavy atom. The van der Waals surface area contributed by atoms with Gasteiger partial charge in [-0.2, -0.15) is 0 Å². The molecule has 28 heavy (non-hydrogen) atoms. The number of hydrogen-bond donors (Lipinski definition) is 3. The van der Waals surface area contributed by atoms with Crippen LogP contribution in [0.5, 0.6) is 0 Å². The average Bonchev–Trinajstić information content (AvgIpc) is 3.38. The fourth-order valence-electron chi connectivity index (χ4n) is 4.09. The van der Waals surface area contributed by atoms with Gasteiger partial charge in [0.1, 0.15) is 6.26 Å². The van der Waals surface area contributed by atoms with Crippen LogP contribution in [0.2, 0.25) is 0 Å². The van der Waals surface area contributed by atoms with Crippen LogP contribution in [-0.2, 0) is 16.8 Å². The van der Waals surface area contributed by atoms with Crippen LogP contribution in [0.3, 0.4) is 0 Å². The second-order valence-corrected chi connectivity index (χ2v) is 8.02. The van der Waals surface area contributed by atoms with E-state index < -0.39 is 5.54 Å². The van der Waals surface area contributed by atoms with Gasteiger partial charge >= 0.3 is 0 Å². The van der Waals surface area contributed by atoms with E-state index in [4.69, 9.17) is 4.42 Å². The summed E-state index contributed by atoms with van der Waals surface area (Å²) in [4.78, 5) is 38.7. The number of likely N-dealkylation sites (tertiary alicyclic amines) is 1. The molecule has 2 amide bonds. The first-order valence-electron chi connectivity index (χ1n) is 9.74. The normalized spacial score (nSPS) is 21.0. The Morgan fingerprint density at radius 2 is 2.14 bits per heavy atom. The van der Waals surface area contributed by atoms with Crippen molar-refractivity contribution in [2.24, 2.45) is 5.92 Å². The van der Waals surface area contributed by atoms with Gasteiger partial charge in [0.2, 0.25) is 5.91 Å². The zero-order valence-electron chi connectivity index (χ0n) is 16.2. The molecule has 4 heterocycles. The van der Waals surface area contributed by atoms with Crippen LogP contribution in [0.4, 0.5) is 0 Å². The summed E-state index contributed by atoms with van der Waals surface area (Å²) < 4.78 is 4.92. The van der Waals surface area contributed by atoms with Gasteiger partial charge in [-0.3, -0.25) is 14.9 Å². The standard InChI is InChI=1S/C19H26N6O3/c1-12(2)8-20-17(26)14-7-13-16(22-10-21-13)19(24-14)3-5-25(6-4-19)18(27)15-9-28-11-23-15/h9-12,14,24H,3-8H2,1-2H3,(H,20,26)(H,21,22)/t14-/m0/s1. The highest BCUT2D eigenvalue weighted by Crippen LogP contribution is 2.37. The van der Waals surface area contributed by atoms with E-state index in [1.807, 2.05) is 0 Å². The van der Waals surface area contributed by atoms with E-state index in [1.54, 1.807) is 11.2 Å². The van der Waals surface area contributed by atoms with Gasteiger partial charge in [0, 0.05) is 31.7 Å². The SMILES string of the molecule is CC(C)CNC(=O)[C@@H]1Cc2[nH]cnc2C2(CCN(C(=O)c3cocn3)CC2)N1. The lowest BCUT2D eigenvalue weighted by Crippen LogP contribution is -2.62. The number of nitrogens with one attached hydrogen (secondary N) is 3. The van der Waals surface area contributed by atoms with Crippen molar-refractivity contribution in [3.8, 4) is 0 Å². The Bertz CT molecular complexity index is 836. The zero-order valence-corrected chi connectivity index (χ0v) is 16.2.